The average Bonchev–Trinajstić information content (AvgIpc) is 2.74. The van der Waals surface area contributed by atoms with Crippen LogP contribution in [0.5, 0.6) is 11.5 Å². The van der Waals surface area contributed by atoms with Crippen LogP contribution >= 0.6 is 15.9 Å². The lowest BCUT2D eigenvalue weighted by Gasteiger charge is -2.08. The van der Waals surface area contributed by atoms with Crippen LogP contribution in [-0.4, -0.2) is 10.8 Å². The zero-order valence-corrected chi connectivity index (χ0v) is 17.0. The molecule has 0 atom stereocenters. The molecular weight excluding hydrogens is 450 g/mol. The van der Waals surface area contributed by atoms with E-state index in [1.165, 1.54) is 24.3 Å². The molecule has 0 aliphatic carbocycles. The number of amides is 1. The Balaban J connectivity index is 1.78. The molecule has 0 aliphatic heterocycles. The van der Waals surface area contributed by atoms with Crippen molar-refractivity contribution in [3.63, 3.8) is 0 Å². The van der Waals surface area contributed by atoms with E-state index in [-0.39, 0.29) is 11.3 Å². The molecule has 0 heterocycles. The summed E-state index contributed by atoms with van der Waals surface area (Å²) < 4.78 is 6.10. The Bertz CT molecular complexity index is 1170. The van der Waals surface area contributed by atoms with E-state index in [0.29, 0.717) is 27.2 Å². The molecule has 0 aromatic heterocycles. The Morgan fingerprint density at radius 3 is 2.47 bits per heavy atom. The van der Waals surface area contributed by atoms with E-state index in [9.17, 15) is 20.2 Å². The van der Waals surface area contributed by atoms with Gasteiger partial charge in [0.25, 0.3) is 11.6 Å². The fraction of sp³-hybridized carbons (Fsp3) is 0. The fourth-order valence-corrected chi connectivity index (χ4v) is 2.98. The van der Waals surface area contributed by atoms with Crippen LogP contribution in [0.4, 0.5) is 11.4 Å². The van der Waals surface area contributed by atoms with Crippen LogP contribution in [0.3, 0.4) is 0 Å². The summed E-state index contributed by atoms with van der Waals surface area (Å²) in [5, 5.41) is 22.8. The smallest absolute Gasteiger partial charge is 0.270 e. The summed E-state index contributed by atoms with van der Waals surface area (Å²) in [6.45, 7) is 0. The molecule has 3 aromatic carbocycles. The molecule has 8 heteroatoms. The Morgan fingerprint density at radius 2 is 1.80 bits per heavy atom. The largest absolute Gasteiger partial charge is 0.457 e. The van der Waals surface area contributed by atoms with Gasteiger partial charge < -0.3 is 10.1 Å². The van der Waals surface area contributed by atoms with E-state index in [1.807, 2.05) is 36.4 Å². The lowest BCUT2D eigenvalue weighted by atomic mass is 10.1. The maximum absolute atomic E-state index is 12.5. The normalized spacial score (nSPS) is 10.7. The first-order chi connectivity index (χ1) is 14.5. The van der Waals surface area contributed by atoms with Gasteiger partial charge in [-0.2, -0.15) is 5.26 Å². The number of rotatable bonds is 6. The minimum absolute atomic E-state index is 0.119. The monoisotopic (exact) mass is 463 g/mol. The first-order valence-electron chi connectivity index (χ1n) is 8.66. The Hall–Kier alpha value is -3.96. The molecule has 3 aromatic rings. The summed E-state index contributed by atoms with van der Waals surface area (Å²) >= 11 is 3.18. The maximum atomic E-state index is 12.5. The minimum Gasteiger partial charge on any atom is -0.457 e. The fourth-order valence-electron chi connectivity index (χ4n) is 2.52. The number of ether oxygens (including phenoxy) is 1. The minimum atomic E-state index is -0.638. The molecule has 0 radical (unpaired) electrons. The number of nitro groups is 1. The number of halogens is 1. The number of nitrogens with one attached hydrogen (secondary N) is 1. The molecule has 0 spiro atoms. The number of carbonyl (C=O) groups is 1. The Labute approximate surface area is 180 Å². The van der Waals surface area contributed by atoms with Gasteiger partial charge in [0, 0.05) is 16.6 Å². The van der Waals surface area contributed by atoms with Gasteiger partial charge in [0.1, 0.15) is 23.1 Å². The lowest BCUT2D eigenvalue weighted by Crippen LogP contribution is -2.13. The number of carbonyl (C=O) groups excluding carboxylic acids is 1. The quantitative estimate of drug-likeness (QED) is 0.218. The third kappa shape index (κ3) is 5.31. The number of nitriles is 1. The number of nitro benzene ring substituents is 1. The molecule has 7 nitrogen and oxygen atoms in total. The van der Waals surface area contributed by atoms with Crippen molar-refractivity contribution in [1.29, 1.82) is 5.26 Å². The summed E-state index contributed by atoms with van der Waals surface area (Å²) in [4.78, 5) is 22.8. The van der Waals surface area contributed by atoms with Crippen LogP contribution < -0.4 is 10.1 Å². The SMILES string of the molecule is N#CC(=Cc1cccc(Oc2ccccc2)c1)C(=O)Nc1ccc([N+](=O)[O-])cc1Br. The molecule has 1 amide bonds. The van der Waals surface area contributed by atoms with Crippen molar-refractivity contribution in [3.8, 4) is 17.6 Å². The first kappa shape index (κ1) is 20.8. The van der Waals surface area contributed by atoms with Crippen molar-refractivity contribution in [2.75, 3.05) is 5.32 Å². The predicted molar refractivity (Wildman–Crippen MR) is 116 cm³/mol. The number of benzene rings is 3. The summed E-state index contributed by atoms with van der Waals surface area (Å²) in [6.07, 6.45) is 1.44. The van der Waals surface area contributed by atoms with Crippen molar-refractivity contribution in [1.82, 2.24) is 0 Å². The van der Waals surface area contributed by atoms with Crippen LogP contribution in [0.1, 0.15) is 5.56 Å². The van der Waals surface area contributed by atoms with Crippen molar-refractivity contribution in [3.05, 3.63) is 98.5 Å². The topological polar surface area (TPSA) is 105 Å². The van der Waals surface area contributed by atoms with Crippen LogP contribution in [0.2, 0.25) is 0 Å². The van der Waals surface area contributed by atoms with Gasteiger partial charge in [-0.05, 0) is 57.9 Å². The number of hydrogen-bond donors (Lipinski definition) is 1. The van der Waals surface area contributed by atoms with Crippen molar-refractivity contribution < 1.29 is 14.5 Å². The highest BCUT2D eigenvalue weighted by Crippen LogP contribution is 2.28. The number of para-hydroxylation sites is 1. The van der Waals surface area contributed by atoms with Gasteiger partial charge >= 0.3 is 0 Å². The molecule has 0 saturated carbocycles. The number of anilines is 1. The van der Waals surface area contributed by atoms with E-state index < -0.39 is 10.8 Å². The average molecular weight is 464 g/mol. The van der Waals surface area contributed by atoms with Crippen LogP contribution in [0.15, 0.2) is 82.8 Å². The molecule has 3 rings (SSSR count). The highest BCUT2D eigenvalue weighted by molar-refractivity contribution is 9.10. The maximum Gasteiger partial charge on any atom is 0.270 e. The zero-order chi connectivity index (χ0) is 21.5. The number of hydrogen-bond acceptors (Lipinski definition) is 5. The first-order valence-corrected chi connectivity index (χ1v) is 9.45. The van der Waals surface area contributed by atoms with Gasteiger partial charge in [-0.3, -0.25) is 14.9 Å². The van der Waals surface area contributed by atoms with E-state index >= 15 is 0 Å². The second kappa shape index (κ2) is 9.49. The van der Waals surface area contributed by atoms with Crippen molar-refractivity contribution >= 4 is 39.3 Å². The summed E-state index contributed by atoms with van der Waals surface area (Å²) in [5.74, 6) is 0.590. The predicted octanol–water partition coefficient (Wildman–Crippen LogP) is 5.70. The van der Waals surface area contributed by atoms with Gasteiger partial charge in [0.2, 0.25) is 0 Å². The van der Waals surface area contributed by atoms with E-state index in [2.05, 4.69) is 21.2 Å². The molecule has 148 valence electrons. The molecule has 0 unspecified atom stereocenters. The van der Waals surface area contributed by atoms with E-state index in [4.69, 9.17) is 4.74 Å². The van der Waals surface area contributed by atoms with Crippen molar-refractivity contribution in [2.24, 2.45) is 0 Å². The lowest BCUT2D eigenvalue weighted by molar-refractivity contribution is -0.384. The van der Waals surface area contributed by atoms with Gasteiger partial charge in [-0.1, -0.05) is 30.3 Å². The van der Waals surface area contributed by atoms with Crippen molar-refractivity contribution in [2.45, 2.75) is 0 Å². The molecule has 0 bridgehead atoms. The molecule has 0 fully saturated rings. The van der Waals surface area contributed by atoms with Gasteiger partial charge in [-0.15, -0.1) is 0 Å². The Kier molecular flexibility index (Phi) is 6.57. The summed E-state index contributed by atoms with van der Waals surface area (Å²) in [7, 11) is 0. The van der Waals surface area contributed by atoms with Crippen LogP contribution in [0.25, 0.3) is 6.08 Å². The summed E-state index contributed by atoms with van der Waals surface area (Å²) in [5.41, 5.74) is 0.675. The third-order valence-electron chi connectivity index (χ3n) is 3.92. The molecule has 0 aliphatic rings. The second-order valence-electron chi connectivity index (χ2n) is 6.03. The molecular formula is C22H14BrN3O4. The van der Waals surface area contributed by atoms with Gasteiger partial charge in [0.05, 0.1) is 10.6 Å². The molecule has 30 heavy (non-hydrogen) atoms. The summed E-state index contributed by atoms with van der Waals surface area (Å²) in [6, 6.07) is 22.0. The van der Waals surface area contributed by atoms with Crippen LogP contribution in [-0.2, 0) is 4.79 Å². The van der Waals surface area contributed by atoms with E-state index in [0.717, 1.165) is 0 Å². The zero-order valence-electron chi connectivity index (χ0n) is 15.4. The second-order valence-corrected chi connectivity index (χ2v) is 6.89. The Morgan fingerprint density at radius 1 is 1.07 bits per heavy atom. The van der Waals surface area contributed by atoms with Gasteiger partial charge in [-0.25, -0.2) is 0 Å². The van der Waals surface area contributed by atoms with Gasteiger partial charge in [0.15, 0.2) is 0 Å². The number of non-ortho nitro benzene ring substituents is 1. The molecule has 1 N–H and O–H groups in total. The molecule has 0 saturated heterocycles. The standard InChI is InChI=1S/C22H14BrN3O4/c23-20-13-17(26(28)29)9-10-21(20)25-22(27)16(14-24)11-15-5-4-8-19(12-15)30-18-6-2-1-3-7-18/h1-13H,(H,25,27). The highest BCUT2D eigenvalue weighted by atomic mass is 79.9. The third-order valence-corrected chi connectivity index (χ3v) is 4.58. The highest BCUT2D eigenvalue weighted by Gasteiger charge is 2.14. The van der Waals surface area contributed by atoms with Crippen LogP contribution in [0, 0.1) is 21.4 Å². The van der Waals surface area contributed by atoms with E-state index in [1.54, 1.807) is 24.3 Å². The number of nitrogens with zero attached hydrogens (tertiary/aromatic N) is 2.